The molecule has 4 nitrogen and oxygen atoms in total. The van der Waals surface area contributed by atoms with Gasteiger partial charge in [-0.25, -0.2) is 9.59 Å². The fourth-order valence-electron chi connectivity index (χ4n) is 0.341. The first-order chi connectivity index (χ1) is 5.93. The molecule has 0 aliphatic heterocycles. The zero-order valence-corrected chi connectivity index (χ0v) is 10.9. The third-order valence-electron chi connectivity index (χ3n) is 0.789. The summed E-state index contributed by atoms with van der Waals surface area (Å²) >= 11 is 9.23. The lowest BCUT2D eigenvalue weighted by molar-refractivity contribution is -0.139. The Labute approximate surface area is 99.7 Å². The number of hydrogen-bond donors (Lipinski definition) is 1. The van der Waals surface area contributed by atoms with Gasteiger partial charge in [-0.2, -0.15) is 0 Å². The highest BCUT2D eigenvalue weighted by molar-refractivity contribution is 9.25. The third-order valence-corrected chi connectivity index (χ3v) is 3.88. The molecule has 74 valence electrons. The second-order valence-electron chi connectivity index (χ2n) is 1.79. The largest absolute Gasteiger partial charge is 0.478 e. The van der Waals surface area contributed by atoms with Crippen LogP contribution in [0.3, 0.4) is 0 Å². The number of carbonyl (C=O) groups excluding carboxylic acids is 1. The maximum Gasteiger partial charge on any atom is 0.332 e. The van der Waals surface area contributed by atoms with Crippen LogP contribution in [0.15, 0.2) is 12.2 Å². The topological polar surface area (TPSA) is 63.6 Å². The molecule has 0 aliphatic rings. The van der Waals surface area contributed by atoms with Crippen molar-refractivity contribution >= 4 is 59.7 Å². The third kappa shape index (κ3) is 7.21. The molecule has 13 heavy (non-hydrogen) atoms. The highest BCUT2D eigenvalue weighted by Gasteiger charge is 2.15. The lowest BCUT2D eigenvalue weighted by Crippen LogP contribution is -2.15. The van der Waals surface area contributed by atoms with Gasteiger partial charge in [0.2, 0.25) is 0 Å². The van der Waals surface area contributed by atoms with Gasteiger partial charge in [0, 0.05) is 12.2 Å². The summed E-state index contributed by atoms with van der Waals surface area (Å²) in [5.74, 6) is -1.93. The molecule has 0 saturated heterocycles. The van der Waals surface area contributed by atoms with Crippen LogP contribution in [0.1, 0.15) is 0 Å². The molecule has 0 radical (unpaired) electrons. The maximum absolute atomic E-state index is 10.8. The van der Waals surface area contributed by atoms with Gasteiger partial charge in [0.15, 0.2) is 5.01 Å². The normalized spacial score (nSPS) is 13.2. The van der Waals surface area contributed by atoms with E-state index in [1.807, 2.05) is 0 Å². The van der Waals surface area contributed by atoms with E-state index >= 15 is 0 Å². The monoisotopic (exact) mass is 378 g/mol. The molecular weight excluding hydrogens is 376 g/mol. The van der Waals surface area contributed by atoms with Gasteiger partial charge in [0.1, 0.15) is 3.74 Å². The Kier molecular flexibility index (Phi) is 6.62. The van der Waals surface area contributed by atoms with Crippen LogP contribution in [0.2, 0.25) is 0 Å². The molecule has 0 rings (SSSR count). The Morgan fingerprint density at radius 3 is 2.15 bits per heavy atom. The summed E-state index contributed by atoms with van der Waals surface area (Å²) in [4.78, 5) is 20.8. The molecule has 0 spiro atoms. The van der Waals surface area contributed by atoms with Gasteiger partial charge in [0.25, 0.3) is 0 Å². The number of rotatable bonds is 4. The van der Waals surface area contributed by atoms with Crippen molar-refractivity contribution in [3.8, 4) is 0 Å². The smallest absolute Gasteiger partial charge is 0.332 e. The first-order valence-corrected chi connectivity index (χ1v) is 5.72. The number of halogens is 3. The van der Waals surface area contributed by atoms with E-state index in [4.69, 9.17) is 9.84 Å². The molecule has 0 fully saturated rings. The quantitative estimate of drug-likeness (QED) is 0.460. The minimum Gasteiger partial charge on any atom is -0.478 e. The number of aliphatic carboxylic acids is 1. The van der Waals surface area contributed by atoms with Crippen LogP contribution in [0, 0.1) is 0 Å². The summed E-state index contributed by atoms with van der Waals surface area (Å²) in [6.45, 7) is 0. The van der Waals surface area contributed by atoms with Gasteiger partial charge in [0.05, 0.1) is 0 Å². The minimum atomic E-state index is -1.20. The van der Waals surface area contributed by atoms with E-state index in [9.17, 15) is 9.59 Å². The number of carbonyl (C=O) groups is 2. The van der Waals surface area contributed by atoms with Crippen molar-refractivity contribution in [1.82, 2.24) is 0 Å². The van der Waals surface area contributed by atoms with Gasteiger partial charge in [-0.1, -0.05) is 31.9 Å². The predicted molar refractivity (Wildman–Crippen MR) is 57.2 cm³/mol. The van der Waals surface area contributed by atoms with Crippen LogP contribution in [0.5, 0.6) is 0 Å². The first-order valence-electron chi connectivity index (χ1n) is 2.97. The molecule has 0 saturated carbocycles. The second kappa shape index (κ2) is 6.56. The average Bonchev–Trinajstić information content (AvgIpc) is 2.00. The van der Waals surface area contributed by atoms with Gasteiger partial charge in [-0.3, -0.25) is 0 Å². The summed E-state index contributed by atoms with van der Waals surface area (Å²) in [5, 5.41) is 7.62. The van der Waals surface area contributed by atoms with Crippen LogP contribution >= 0.6 is 47.8 Å². The Morgan fingerprint density at radius 1 is 1.23 bits per heavy atom. The number of esters is 1. The molecule has 7 heteroatoms. The van der Waals surface area contributed by atoms with Crippen molar-refractivity contribution in [1.29, 1.82) is 0 Å². The number of carboxylic acid groups (broad SMARTS) is 1. The molecule has 1 N–H and O–H groups in total. The average molecular weight is 381 g/mol. The highest BCUT2D eigenvalue weighted by Crippen LogP contribution is 2.21. The fourth-order valence-corrected chi connectivity index (χ4v) is 0.741. The molecule has 1 unspecified atom stereocenters. The number of alkyl halides is 3. The molecule has 0 heterocycles. The van der Waals surface area contributed by atoms with Gasteiger partial charge < -0.3 is 9.84 Å². The molecular formula is C6H5Br3O4. The van der Waals surface area contributed by atoms with E-state index in [1.165, 1.54) is 0 Å². The summed E-state index contributed by atoms with van der Waals surface area (Å²) in [6.07, 6.45) is 1.54. The fraction of sp³-hybridized carbons (Fsp3) is 0.333. The van der Waals surface area contributed by atoms with E-state index in [1.54, 1.807) is 0 Å². The minimum absolute atomic E-state index is 0.234. The second-order valence-corrected chi connectivity index (χ2v) is 5.90. The zero-order chi connectivity index (χ0) is 10.4. The molecule has 1 atom stereocenters. The van der Waals surface area contributed by atoms with E-state index < -0.39 is 17.0 Å². The summed E-state index contributed by atoms with van der Waals surface area (Å²) in [5.41, 5.74) is 0. The van der Waals surface area contributed by atoms with Crippen molar-refractivity contribution in [3.63, 3.8) is 0 Å². The molecule has 0 amide bonds. The Bertz CT molecular complexity index is 226. The Balaban J connectivity index is 3.95. The van der Waals surface area contributed by atoms with Gasteiger partial charge >= 0.3 is 11.9 Å². The van der Waals surface area contributed by atoms with Crippen molar-refractivity contribution in [2.75, 3.05) is 0 Å². The van der Waals surface area contributed by atoms with E-state index in [-0.39, 0.29) is 3.74 Å². The van der Waals surface area contributed by atoms with E-state index in [0.717, 1.165) is 6.08 Å². The van der Waals surface area contributed by atoms with Crippen LogP contribution in [-0.2, 0) is 14.3 Å². The summed E-state index contributed by atoms with van der Waals surface area (Å²) < 4.78 is 4.46. The van der Waals surface area contributed by atoms with Crippen molar-refractivity contribution in [2.24, 2.45) is 0 Å². The van der Waals surface area contributed by atoms with Crippen LogP contribution in [0.25, 0.3) is 0 Å². The molecule has 0 aromatic rings. The van der Waals surface area contributed by atoms with Crippen LogP contribution < -0.4 is 0 Å². The number of hydrogen-bond acceptors (Lipinski definition) is 3. The van der Waals surface area contributed by atoms with Gasteiger partial charge in [-0.05, 0) is 15.9 Å². The van der Waals surface area contributed by atoms with E-state index in [2.05, 4.69) is 47.8 Å². The molecule has 0 aromatic heterocycles. The SMILES string of the molecule is O=C(O)/C=C\C(=O)OC(Br)C(Br)Br. The summed E-state index contributed by atoms with van der Waals surface area (Å²) in [7, 11) is 0. The van der Waals surface area contributed by atoms with Crippen molar-refractivity contribution in [3.05, 3.63) is 12.2 Å². The lowest BCUT2D eigenvalue weighted by atomic mass is 10.5. The standard InChI is InChI=1S/C6H5Br3O4/c7-5(8)6(9)13-4(12)2-1-3(10)11/h1-2,5-6H,(H,10,11)/b2-1-. The molecule has 0 aliphatic carbocycles. The van der Waals surface area contributed by atoms with Crippen molar-refractivity contribution in [2.45, 2.75) is 8.75 Å². The van der Waals surface area contributed by atoms with E-state index in [0.29, 0.717) is 6.08 Å². The summed E-state index contributed by atoms with van der Waals surface area (Å²) in [6, 6.07) is 0. The van der Waals surface area contributed by atoms with Crippen LogP contribution in [-0.4, -0.2) is 25.8 Å². The zero-order valence-electron chi connectivity index (χ0n) is 6.12. The Hall–Kier alpha value is 0.120. The molecule has 0 bridgehead atoms. The predicted octanol–water partition coefficient (Wildman–Crippen LogP) is 2.01. The molecule has 0 aromatic carbocycles. The number of carboxylic acids is 1. The first kappa shape index (κ1) is 13.1. The van der Waals surface area contributed by atoms with Gasteiger partial charge in [-0.15, -0.1) is 0 Å². The Morgan fingerprint density at radius 2 is 1.77 bits per heavy atom. The number of ether oxygens (including phenoxy) is 1. The van der Waals surface area contributed by atoms with Crippen molar-refractivity contribution < 1.29 is 19.4 Å². The van der Waals surface area contributed by atoms with Crippen LogP contribution in [0.4, 0.5) is 0 Å². The maximum atomic E-state index is 10.8. The highest BCUT2D eigenvalue weighted by atomic mass is 79.9. The lowest BCUT2D eigenvalue weighted by Gasteiger charge is -2.10.